The number of hydrogen-bond donors (Lipinski definition) is 0. The van der Waals surface area contributed by atoms with E-state index in [1.165, 1.54) is 5.56 Å². The van der Waals surface area contributed by atoms with Gasteiger partial charge in [0.2, 0.25) is 0 Å². The highest BCUT2D eigenvalue weighted by Gasteiger charge is 2.06. The average molecular weight is 332 g/mol. The van der Waals surface area contributed by atoms with Crippen LogP contribution in [-0.2, 0) is 12.3 Å². The van der Waals surface area contributed by atoms with Crippen LogP contribution >= 0.6 is 11.8 Å². The van der Waals surface area contributed by atoms with E-state index in [2.05, 4.69) is 47.1 Å². The van der Waals surface area contributed by atoms with Crippen LogP contribution in [0.2, 0.25) is 0 Å². The second-order valence-corrected chi connectivity index (χ2v) is 6.14. The second kappa shape index (κ2) is 7.62. The second-order valence-electron chi connectivity index (χ2n) is 5.20. The van der Waals surface area contributed by atoms with Gasteiger partial charge in [-0.15, -0.1) is 16.8 Å². The minimum Gasteiger partial charge on any atom is -0.305 e. The monoisotopic (exact) mass is 332 g/mol. The number of nitrogens with zero attached hydrogens (tertiary/aromatic N) is 4. The molecule has 0 atom stereocenters. The zero-order chi connectivity index (χ0) is 16.8. The third kappa shape index (κ3) is 3.55. The van der Waals surface area contributed by atoms with Gasteiger partial charge in [0.1, 0.15) is 6.33 Å². The van der Waals surface area contributed by atoms with E-state index in [1.54, 1.807) is 18.1 Å². The molecule has 3 aromatic rings. The summed E-state index contributed by atoms with van der Waals surface area (Å²) in [6.45, 7) is 4.45. The molecule has 118 valence electrons. The van der Waals surface area contributed by atoms with Gasteiger partial charge in [0.15, 0.2) is 5.16 Å². The van der Waals surface area contributed by atoms with E-state index in [0.717, 1.165) is 22.0 Å². The molecule has 0 N–H and O–H groups in total. The lowest BCUT2D eigenvalue weighted by Crippen LogP contribution is -1.95. The maximum Gasteiger partial charge on any atom is 0.191 e. The van der Waals surface area contributed by atoms with Crippen molar-refractivity contribution in [3.8, 4) is 17.2 Å². The first-order valence-electron chi connectivity index (χ1n) is 7.52. The lowest BCUT2D eigenvalue weighted by molar-refractivity contribution is 0.725. The molecule has 0 unspecified atom stereocenters. The summed E-state index contributed by atoms with van der Waals surface area (Å²) in [5.41, 5.74) is 3.91. The molecule has 4 nitrogen and oxygen atoms in total. The van der Waals surface area contributed by atoms with Crippen molar-refractivity contribution in [3.05, 3.63) is 78.6 Å². The normalized spacial score (nSPS) is 10.3. The highest BCUT2D eigenvalue weighted by Crippen LogP contribution is 2.26. The van der Waals surface area contributed by atoms with E-state index in [0.29, 0.717) is 12.1 Å². The first-order chi connectivity index (χ1) is 11.8. The summed E-state index contributed by atoms with van der Waals surface area (Å²) in [6, 6.07) is 18.2. The van der Waals surface area contributed by atoms with Crippen molar-refractivity contribution >= 4 is 11.8 Å². The number of allylic oxidation sites excluding steroid dienone is 1. The van der Waals surface area contributed by atoms with Gasteiger partial charge in [0, 0.05) is 12.3 Å². The van der Waals surface area contributed by atoms with Gasteiger partial charge in [-0.1, -0.05) is 60.3 Å². The van der Waals surface area contributed by atoms with E-state index in [1.807, 2.05) is 34.9 Å². The smallest absolute Gasteiger partial charge is 0.191 e. The third-order valence-corrected chi connectivity index (χ3v) is 4.64. The molecular formula is C19H16N4S. The van der Waals surface area contributed by atoms with Crippen LogP contribution in [-0.4, -0.2) is 14.8 Å². The van der Waals surface area contributed by atoms with Gasteiger partial charge in [-0.3, -0.25) is 0 Å². The minimum absolute atomic E-state index is 0.692. The summed E-state index contributed by atoms with van der Waals surface area (Å²) in [5, 5.41) is 18.2. The molecule has 0 radical (unpaired) electrons. The van der Waals surface area contributed by atoms with Crippen LogP contribution in [0.3, 0.4) is 0 Å². The van der Waals surface area contributed by atoms with E-state index >= 15 is 0 Å². The molecule has 0 aliphatic heterocycles. The van der Waals surface area contributed by atoms with Gasteiger partial charge in [0.25, 0.3) is 0 Å². The number of hydrogen-bond acceptors (Lipinski definition) is 4. The number of rotatable bonds is 6. The van der Waals surface area contributed by atoms with Crippen molar-refractivity contribution in [1.82, 2.24) is 14.8 Å². The fraction of sp³-hybridized carbons (Fsp3) is 0.105. The Hall–Kier alpha value is -2.84. The molecule has 1 aromatic heterocycles. The van der Waals surface area contributed by atoms with E-state index in [-0.39, 0.29) is 0 Å². The summed E-state index contributed by atoms with van der Waals surface area (Å²) in [5.74, 6) is 0.815. The van der Waals surface area contributed by atoms with Gasteiger partial charge < -0.3 is 4.57 Å². The predicted molar refractivity (Wildman–Crippen MR) is 96.4 cm³/mol. The Labute approximate surface area is 145 Å². The Morgan fingerprint density at radius 1 is 1.17 bits per heavy atom. The quantitative estimate of drug-likeness (QED) is 0.499. The van der Waals surface area contributed by atoms with E-state index in [4.69, 9.17) is 0 Å². The maximum absolute atomic E-state index is 9.22. The highest BCUT2D eigenvalue weighted by atomic mass is 32.2. The van der Waals surface area contributed by atoms with Crippen molar-refractivity contribution in [1.29, 1.82) is 5.26 Å². The van der Waals surface area contributed by atoms with E-state index < -0.39 is 0 Å². The lowest BCUT2D eigenvalue weighted by Gasteiger charge is -2.06. The summed E-state index contributed by atoms with van der Waals surface area (Å²) in [4.78, 5) is 0. The van der Waals surface area contributed by atoms with Crippen molar-refractivity contribution in [2.45, 2.75) is 17.5 Å². The Morgan fingerprint density at radius 3 is 2.71 bits per heavy atom. The lowest BCUT2D eigenvalue weighted by atomic mass is 10.00. The summed E-state index contributed by atoms with van der Waals surface area (Å²) in [7, 11) is 0. The van der Waals surface area contributed by atoms with Crippen LogP contribution in [0.5, 0.6) is 0 Å². The first kappa shape index (κ1) is 16.0. The fourth-order valence-electron chi connectivity index (χ4n) is 2.38. The Bertz CT molecular complexity index is 875. The molecule has 0 fully saturated rings. The molecule has 0 bridgehead atoms. The SMILES string of the molecule is C=CCn1cnnc1SCc1ccc(-c2ccccc2C#N)cc1. The molecular weight excluding hydrogens is 316 g/mol. The Kier molecular flexibility index (Phi) is 5.09. The van der Waals surface area contributed by atoms with Gasteiger partial charge in [0.05, 0.1) is 11.6 Å². The van der Waals surface area contributed by atoms with Gasteiger partial charge in [-0.25, -0.2) is 0 Å². The molecule has 2 aromatic carbocycles. The Balaban J connectivity index is 1.72. The standard InChI is InChI=1S/C19H16N4S/c1-2-11-23-14-21-22-19(23)24-13-15-7-9-16(10-8-15)18-6-4-3-5-17(18)12-20/h2-10,14H,1,11,13H2. The van der Waals surface area contributed by atoms with Gasteiger partial charge >= 0.3 is 0 Å². The molecule has 0 saturated heterocycles. The molecule has 24 heavy (non-hydrogen) atoms. The highest BCUT2D eigenvalue weighted by molar-refractivity contribution is 7.98. The molecule has 0 saturated carbocycles. The van der Waals surface area contributed by atoms with Gasteiger partial charge in [-0.05, 0) is 22.8 Å². The van der Waals surface area contributed by atoms with Crippen LogP contribution in [0, 0.1) is 11.3 Å². The Morgan fingerprint density at radius 2 is 1.96 bits per heavy atom. The van der Waals surface area contributed by atoms with Gasteiger partial charge in [-0.2, -0.15) is 5.26 Å². The topological polar surface area (TPSA) is 54.5 Å². The predicted octanol–water partition coefficient (Wildman–Crippen LogP) is 4.30. The third-order valence-electron chi connectivity index (χ3n) is 3.59. The number of thioether (sulfide) groups is 1. The van der Waals surface area contributed by atoms with Crippen LogP contribution < -0.4 is 0 Å². The molecule has 0 amide bonds. The maximum atomic E-state index is 9.22. The zero-order valence-corrected chi connectivity index (χ0v) is 13.9. The molecule has 5 heteroatoms. The largest absolute Gasteiger partial charge is 0.305 e. The average Bonchev–Trinajstić information content (AvgIpc) is 3.08. The molecule has 0 spiro atoms. The van der Waals surface area contributed by atoms with Crippen LogP contribution in [0.25, 0.3) is 11.1 Å². The molecule has 3 rings (SSSR count). The van der Waals surface area contributed by atoms with Crippen LogP contribution in [0.4, 0.5) is 0 Å². The summed E-state index contributed by atoms with van der Waals surface area (Å²) in [6.07, 6.45) is 3.54. The van der Waals surface area contributed by atoms with Crippen LogP contribution in [0.1, 0.15) is 11.1 Å². The molecule has 0 aliphatic rings. The van der Waals surface area contributed by atoms with Crippen LogP contribution in [0.15, 0.2) is 72.7 Å². The van der Waals surface area contributed by atoms with Crippen molar-refractivity contribution in [3.63, 3.8) is 0 Å². The van der Waals surface area contributed by atoms with Crippen molar-refractivity contribution in [2.75, 3.05) is 0 Å². The summed E-state index contributed by atoms with van der Waals surface area (Å²) >= 11 is 1.65. The number of nitriles is 1. The number of aromatic nitrogens is 3. The molecule has 1 heterocycles. The zero-order valence-electron chi connectivity index (χ0n) is 13.1. The summed E-state index contributed by atoms with van der Waals surface area (Å²) < 4.78 is 1.97. The van der Waals surface area contributed by atoms with E-state index in [9.17, 15) is 5.26 Å². The first-order valence-corrected chi connectivity index (χ1v) is 8.50. The molecule has 0 aliphatic carbocycles. The van der Waals surface area contributed by atoms with Crippen molar-refractivity contribution < 1.29 is 0 Å². The fourth-order valence-corrected chi connectivity index (χ4v) is 3.26. The number of benzene rings is 2. The van der Waals surface area contributed by atoms with Crippen molar-refractivity contribution in [2.24, 2.45) is 0 Å². The minimum atomic E-state index is 0.692.